The molecule has 0 saturated carbocycles. The van der Waals surface area contributed by atoms with Crippen LogP contribution in [-0.4, -0.2) is 28.7 Å². The maximum atomic E-state index is 12.7. The number of H-pyrrole nitrogens is 1. The number of hydrogen-bond acceptors (Lipinski definition) is 4. The number of fused-ring (bicyclic) bond motifs is 5. The van der Waals surface area contributed by atoms with Crippen molar-refractivity contribution >= 4 is 54.1 Å². The molecule has 4 rings (SSSR count). The van der Waals surface area contributed by atoms with E-state index in [1.165, 1.54) is 11.3 Å². The molecule has 0 spiro atoms. The maximum absolute atomic E-state index is 12.7. The molecule has 2 aromatic heterocycles. The molecule has 0 aliphatic heterocycles. The predicted molar refractivity (Wildman–Crippen MR) is 129 cm³/mol. The second kappa shape index (κ2) is 7.57. The summed E-state index contributed by atoms with van der Waals surface area (Å²) < 4.78 is 1.68. The fourth-order valence-electron chi connectivity index (χ4n) is 3.59. The fraction of sp³-hybridized carbons (Fsp3) is 0.261. The number of pyridine rings is 1. The minimum Gasteiger partial charge on any atom is -0.383 e. The van der Waals surface area contributed by atoms with Crippen LogP contribution in [0, 0.1) is 0 Å². The van der Waals surface area contributed by atoms with Crippen LogP contribution in [0.2, 0.25) is 0 Å². The monoisotopic (exact) mass is 419 g/mol. The molecule has 2 heterocycles. The molecule has 6 nitrogen and oxygen atoms in total. The summed E-state index contributed by atoms with van der Waals surface area (Å²) in [4.78, 5) is 24.6. The number of hydrogen-bond donors (Lipinski definition) is 3. The molecule has 0 fully saturated rings. The maximum Gasteiger partial charge on any atom is 0.266 e. The standard InChI is InChI=1S/C23H25N5OS/c1-11(2)26-21(24)13-6-8-17-16(9-13)19-15-7-5-14(22(25)27-12(3)4)10-18(15)30-20(19)23(29)28-17/h5-12H,1-4H3,(H2,24,26)(H2,25,27)(H,28,29). The van der Waals surface area contributed by atoms with Crippen molar-refractivity contribution in [1.82, 2.24) is 4.98 Å². The van der Waals surface area contributed by atoms with Gasteiger partial charge in [-0.25, -0.2) is 0 Å². The largest absolute Gasteiger partial charge is 0.383 e. The molecule has 5 N–H and O–H groups in total. The third-order valence-electron chi connectivity index (χ3n) is 4.82. The molecule has 4 aromatic rings. The number of aromatic amines is 1. The molecule has 0 aliphatic carbocycles. The van der Waals surface area contributed by atoms with Gasteiger partial charge in [0.25, 0.3) is 5.56 Å². The molecule has 154 valence electrons. The quantitative estimate of drug-likeness (QED) is 0.342. The lowest BCUT2D eigenvalue weighted by Crippen LogP contribution is -2.16. The first-order chi connectivity index (χ1) is 14.2. The van der Waals surface area contributed by atoms with Crippen LogP contribution in [0.15, 0.2) is 51.2 Å². The Bertz CT molecular complexity index is 1390. The molecule has 0 amide bonds. The smallest absolute Gasteiger partial charge is 0.266 e. The van der Waals surface area contributed by atoms with Crippen LogP contribution >= 0.6 is 11.3 Å². The average molecular weight is 420 g/mol. The van der Waals surface area contributed by atoms with Crippen molar-refractivity contribution < 1.29 is 0 Å². The van der Waals surface area contributed by atoms with Gasteiger partial charge < -0.3 is 16.5 Å². The summed E-state index contributed by atoms with van der Waals surface area (Å²) in [5.74, 6) is 0.994. The van der Waals surface area contributed by atoms with Crippen molar-refractivity contribution in [2.24, 2.45) is 21.5 Å². The molecule has 0 atom stereocenters. The predicted octanol–water partition coefficient (Wildman–Crippen LogP) is 4.12. The lowest BCUT2D eigenvalue weighted by atomic mass is 10.0. The molecule has 0 radical (unpaired) electrons. The van der Waals surface area contributed by atoms with Crippen LogP contribution in [0.5, 0.6) is 0 Å². The van der Waals surface area contributed by atoms with Gasteiger partial charge in [0.1, 0.15) is 16.4 Å². The molecular formula is C23H25N5OS. The zero-order chi connectivity index (χ0) is 21.6. The zero-order valence-corrected chi connectivity index (χ0v) is 18.3. The Hall–Kier alpha value is -3.19. The minimum atomic E-state index is -0.0966. The number of rotatable bonds is 4. The number of nitrogens with two attached hydrogens (primary N) is 2. The SMILES string of the molecule is CC(C)N=C(N)c1ccc2c(c1)sc1c(=O)[nH]c3ccc(C(N)=NC(C)C)cc3c12. The topological polar surface area (TPSA) is 110 Å². The van der Waals surface area contributed by atoms with Crippen molar-refractivity contribution in [2.45, 2.75) is 39.8 Å². The van der Waals surface area contributed by atoms with Crippen LogP contribution < -0.4 is 17.0 Å². The van der Waals surface area contributed by atoms with E-state index in [0.717, 1.165) is 37.5 Å². The first-order valence-corrected chi connectivity index (χ1v) is 10.8. The second-order valence-electron chi connectivity index (χ2n) is 7.95. The molecule has 0 unspecified atom stereocenters. The second-order valence-corrected chi connectivity index (χ2v) is 9.00. The number of nitrogens with zero attached hydrogens (tertiary/aromatic N) is 2. The van der Waals surface area contributed by atoms with E-state index >= 15 is 0 Å². The van der Waals surface area contributed by atoms with Crippen molar-refractivity contribution in [2.75, 3.05) is 0 Å². The zero-order valence-electron chi connectivity index (χ0n) is 17.5. The number of nitrogens with one attached hydrogen (secondary N) is 1. The van der Waals surface area contributed by atoms with E-state index in [2.05, 4.69) is 15.0 Å². The van der Waals surface area contributed by atoms with Crippen LogP contribution in [0.25, 0.3) is 31.1 Å². The van der Waals surface area contributed by atoms with Gasteiger partial charge in [-0.05, 0) is 52.0 Å². The van der Waals surface area contributed by atoms with E-state index in [1.807, 2.05) is 64.1 Å². The first kappa shape index (κ1) is 20.1. The van der Waals surface area contributed by atoms with Gasteiger partial charge in [-0.2, -0.15) is 0 Å². The third-order valence-corrected chi connectivity index (χ3v) is 5.97. The van der Waals surface area contributed by atoms with Gasteiger partial charge in [-0.15, -0.1) is 11.3 Å². The minimum absolute atomic E-state index is 0.0966. The Morgan fingerprint density at radius 2 is 1.50 bits per heavy atom. The summed E-state index contributed by atoms with van der Waals surface area (Å²) in [6.07, 6.45) is 0. The van der Waals surface area contributed by atoms with E-state index in [-0.39, 0.29) is 17.6 Å². The molecule has 7 heteroatoms. The van der Waals surface area contributed by atoms with Gasteiger partial charge >= 0.3 is 0 Å². The summed E-state index contributed by atoms with van der Waals surface area (Å²) in [5, 5.41) is 2.90. The Morgan fingerprint density at radius 1 is 0.900 bits per heavy atom. The van der Waals surface area contributed by atoms with Gasteiger partial charge in [0.05, 0.1) is 0 Å². The van der Waals surface area contributed by atoms with Crippen LogP contribution in [0.4, 0.5) is 0 Å². The number of benzene rings is 2. The van der Waals surface area contributed by atoms with Gasteiger partial charge in [0.15, 0.2) is 0 Å². The van der Waals surface area contributed by atoms with Gasteiger partial charge in [0.2, 0.25) is 0 Å². The van der Waals surface area contributed by atoms with Crippen molar-refractivity contribution in [1.29, 1.82) is 0 Å². The highest BCUT2D eigenvalue weighted by atomic mass is 32.1. The van der Waals surface area contributed by atoms with E-state index in [4.69, 9.17) is 11.5 Å². The Balaban J connectivity index is 2.01. The van der Waals surface area contributed by atoms with E-state index < -0.39 is 0 Å². The van der Waals surface area contributed by atoms with E-state index in [0.29, 0.717) is 16.4 Å². The number of aliphatic imine (C=N–C) groups is 2. The van der Waals surface area contributed by atoms with Gasteiger partial charge in [0, 0.05) is 49.6 Å². The third kappa shape index (κ3) is 3.57. The number of amidine groups is 2. The van der Waals surface area contributed by atoms with E-state index in [1.54, 1.807) is 0 Å². The van der Waals surface area contributed by atoms with Crippen LogP contribution in [0.3, 0.4) is 0 Å². The Labute approximate surface area is 178 Å². The van der Waals surface area contributed by atoms with Gasteiger partial charge in [-0.1, -0.05) is 12.1 Å². The van der Waals surface area contributed by atoms with Crippen molar-refractivity contribution in [3.05, 3.63) is 57.9 Å². The highest BCUT2D eigenvalue weighted by molar-refractivity contribution is 7.26. The van der Waals surface area contributed by atoms with Crippen molar-refractivity contribution in [3.8, 4) is 0 Å². The summed E-state index contributed by atoms with van der Waals surface area (Å²) in [7, 11) is 0. The summed E-state index contributed by atoms with van der Waals surface area (Å²) in [6.45, 7) is 7.95. The Kier molecular flexibility index (Phi) is 5.07. The lowest BCUT2D eigenvalue weighted by Gasteiger charge is -2.07. The molecule has 2 aromatic carbocycles. The van der Waals surface area contributed by atoms with Crippen molar-refractivity contribution in [3.63, 3.8) is 0 Å². The number of thiophene rings is 1. The first-order valence-electron chi connectivity index (χ1n) is 9.94. The average Bonchev–Trinajstić information content (AvgIpc) is 3.06. The summed E-state index contributed by atoms with van der Waals surface area (Å²) in [6, 6.07) is 12.0. The molecule has 0 aliphatic rings. The number of aromatic nitrogens is 1. The van der Waals surface area contributed by atoms with Crippen LogP contribution in [0.1, 0.15) is 38.8 Å². The molecule has 0 saturated heterocycles. The molecule has 0 bridgehead atoms. The summed E-state index contributed by atoms with van der Waals surface area (Å²) in [5.41, 5.74) is 14.7. The Morgan fingerprint density at radius 3 is 2.13 bits per heavy atom. The molecular weight excluding hydrogens is 394 g/mol. The highest BCUT2D eigenvalue weighted by Gasteiger charge is 2.15. The molecule has 30 heavy (non-hydrogen) atoms. The lowest BCUT2D eigenvalue weighted by molar-refractivity contribution is 0.834. The summed E-state index contributed by atoms with van der Waals surface area (Å²) >= 11 is 1.46. The van der Waals surface area contributed by atoms with Crippen LogP contribution in [-0.2, 0) is 0 Å². The van der Waals surface area contributed by atoms with E-state index in [9.17, 15) is 4.79 Å². The normalized spacial score (nSPS) is 13.4. The fourth-order valence-corrected chi connectivity index (χ4v) is 4.74. The van der Waals surface area contributed by atoms with Gasteiger partial charge in [-0.3, -0.25) is 14.8 Å². The highest BCUT2D eigenvalue weighted by Crippen LogP contribution is 2.36.